The average molecular weight is 368 g/mol. The predicted octanol–water partition coefficient (Wildman–Crippen LogP) is 3.42. The molecule has 3 rings (SSSR count). The Hall–Kier alpha value is -2.53. The van der Waals surface area contributed by atoms with Gasteiger partial charge < -0.3 is 14.8 Å². The minimum absolute atomic E-state index is 0.0842. The van der Waals surface area contributed by atoms with Gasteiger partial charge in [-0.2, -0.15) is 0 Å². The summed E-state index contributed by atoms with van der Waals surface area (Å²) in [4.78, 5) is 14.7. The first kappa shape index (κ1) is 19.2. The van der Waals surface area contributed by atoms with Crippen LogP contribution in [0.15, 0.2) is 54.6 Å². The molecule has 0 bridgehead atoms. The Morgan fingerprint density at radius 3 is 2.59 bits per heavy atom. The first-order valence-electron chi connectivity index (χ1n) is 9.55. The Morgan fingerprint density at radius 1 is 1.15 bits per heavy atom. The van der Waals surface area contributed by atoms with Crippen molar-refractivity contribution in [2.24, 2.45) is 0 Å². The smallest absolute Gasteiger partial charge is 0.260 e. The highest BCUT2D eigenvalue weighted by atomic mass is 16.5. The molecule has 1 heterocycles. The molecule has 0 radical (unpaired) electrons. The van der Waals surface area contributed by atoms with Crippen LogP contribution in [0.5, 0.6) is 11.5 Å². The number of carbonyl (C=O) groups is 1. The minimum atomic E-state index is -0.511. The summed E-state index contributed by atoms with van der Waals surface area (Å²) in [6, 6.07) is 18.1. The van der Waals surface area contributed by atoms with Gasteiger partial charge in [0.1, 0.15) is 11.5 Å². The van der Waals surface area contributed by atoms with E-state index < -0.39 is 6.10 Å². The van der Waals surface area contributed by atoms with Gasteiger partial charge in [-0.15, -0.1) is 0 Å². The van der Waals surface area contributed by atoms with Crippen molar-refractivity contribution in [2.45, 2.75) is 31.9 Å². The van der Waals surface area contributed by atoms with Crippen LogP contribution in [0.25, 0.3) is 0 Å². The number of ether oxygens (including phenoxy) is 2. The van der Waals surface area contributed by atoms with E-state index in [4.69, 9.17) is 9.47 Å². The molecule has 144 valence electrons. The Bertz CT molecular complexity index is 718. The Labute approximate surface area is 161 Å². The van der Waals surface area contributed by atoms with Crippen molar-refractivity contribution in [1.82, 2.24) is 10.2 Å². The highest BCUT2D eigenvalue weighted by Crippen LogP contribution is 2.32. The quantitative estimate of drug-likeness (QED) is 0.776. The van der Waals surface area contributed by atoms with E-state index in [9.17, 15) is 4.79 Å². The van der Waals surface area contributed by atoms with Crippen LogP contribution in [0.4, 0.5) is 0 Å². The molecular weight excluding hydrogens is 340 g/mol. The van der Waals surface area contributed by atoms with E-state index in [2.05, 4.69) is 22.3 Å². The van der Waals surface area contributed by atoms with Crippen LogP contribution in [0.1, 0.15) is 31.4 Å². The zero-order valence-electron chi connectivity index (χ0n) is 16.1. The lowest BCUT2D eigenvalue weighted by molar-refractivity contribution is -0.127. The van der Waals surface area contributed by atoms with Crippen molar-refractivity contribution in [3.8, 4) is 11.5 Å². The van der Waals surface area contributed by atoms with Crippen molar-refractivity contribution in [2.75, 3.05) is 26.7 Å². The summed E-state index contributed by atoms with van der Waals surface area (Å²) in [7, 11) is 1.68. The molecule has 0 spiro atoms. The summed E-state index contributed by atoms with van der Waals surface area (Å²) in [5.74, 6) is 1.50. The van der Waals surface area contributed by atoms with Gasteiger partial charge in [-0.25, -0.2) is 0 Å². The Morgan fingerprint density at radius 2 is 1.89 bits per heavy atom. The van der Waals surface area contributed by atoms with Gasteiger partial charge in [-0.05, 0) is 56.1 Å². The third-order valence-electron chi connectivity index (χ3n) is 4.99. The summed E-state index contributed by atoms with van der Waals surface area (Å²) in [6.45, 7) is 4.29. The number of carbonyl (C=O) groups excluding carboxylic acids is 1. The summed E-state index contributed by atoms with van der Waals surface area (Å²) in [5.41, 5.74) is 1.31. The Kier molecular flexibility index (Phi) is 6.71. The Balaban J connectivity index is 1.46. The molecule has 5 heteroatoms. The summed E-state index contributed by atoms with van der Waals surface area (Å²) < 4.78 is 10.9. The third-order valence-corrected chi connectivity index (χ3v) is 4.99. The van der Waals surface area contributed by atoms with Gasteiger partial charge in [0.15, 0.2) is 6.10 Å². The molecule has 0 unspecified atom stereocenters. The molecule has 1 amide bonds. The molecule has 2 aromatic rings. The highest BCUT2D eigenvalue weighted by Gasteiger charge is 2.25. The maximum absolute atomic E-state index is 12.3. The molecule has 27 heavy (non-hydrogen) atoms. The lowest BCUT2D eigenvalue weighted by Crippen LogP contribution is -2.40. The van der Waals surface area contributed by atoms with Crippen molar-refractivity contribution in [3.05, 3.63) is 60.2 Å². The molecule has 1 aliphatic heterocycles. The van der Waals surface area contributed by atoms with Crippen LogP contribution >= 0.6 is 0 Å². The average Bonchev–Trinajstić information content (AvgIpc) is 3.17. The predicted molar refractivity (Wildman–Crippen MR) is 106 cm³/mol. The SMILES string of the molecule is COc1ccc([C@H]2CCCN2CCNC(=O)[C@H](C)Oc2ccccc2)cc1. The number of nitrogens with zero attached hydrogens (tertiary/aromatic N) is 1. The molecule has 1 N–H and O–H groups in total. The van der Waals surface area contributed by atoms with Crippen LogP contribution in [0.2, 0.25) is 0 Å². The van der Waals surface area contributed by atoms with Gasteiger partial charge in [0, 0.05) is 19.1 Å². The zero-order chi connectivity index (χ0) is 19.1. The van der Waals surface area contributed by atoms with Gasteiger partial charge in [-0.1, -0.05) is 30.3 Å². The molecule has 1 saturated heterocycles. The number of nitrogens with one attached hydrogen (secondary N) is 1. The maximum Gasteiger partial charge on any atom is 0.260 e. The summed E-state index contributed by atoms with van der Waals surface area (Å²) in [5, 5.41) is 2.99. The van der Waals surface area contributed by atoms with E-state index in [1.807, 2.05) is 42.5 Å². The first-order valence-corrected chi connectivity index (χ1v) is 9.55. The molecule has 0 saturated carbocycles. The van der Waals surface area contributed by atoms with E-state index >= 15 is 0 Å². The summed E-state index contributed by atoms with van der Waals surface area (Å²) >= 11 is 0. The van der Waals surface area contributed by atoms with E-state index in [-0.39, 0.29) is 5.91 Å². The maximum atomic E-state index is 12.3. The number of amides is 1. The van der Waals surface area contributed by atoms with E-state index in [0.29, 0.717) is 18.3 Å². The molecule has 2 aromatic carbocycles. The zero-order valence-corrected chi connectivity index (χ0v) is 16.1. The number of hydrogen-bond acceptors (Lipinski definition) is 4. The largest absolute Gasteiger partial charge is 0.497 e. The van der Waals surface area contributed by atoms with Crippen molar-refractivity contribution < 1.29 is 14.3 Å². The van der Waals surface area contributed by atoms with Gasteiger partial charge in [0.25, 0.3) is 5.91 Å². The van der Waals surface area contributed by atoms with E-state index in [0.717, 1.165) is 25.3 Å². The highest BCUT2D eigenvalue weighted by molar-refractivity contribution is 5.80. The van der Waals surface area contributed by atoms with Crippen molar-refractivity contribution >= 4 is 5.91 Å². The molecule has 1 aliphatic rings. The number of likely N-dealkylation sites (tertiary alicyclic amines) is 1. The van der Waals surface area contributed by atoms with Crippen LogP contribution in [0.3, 0.4) is 0 Å². The fourth-order valence-electron chi connectivity index (χ4n) is 3.52. The van der Waals surface area contributed by atoms with Gasteiger partial charge in [0.2, 0.25) is 0 Å². The van der Waals surface area contributed by atoms with E-state index in [1.54, 1.807) is 14.0 Å². The van der Waals surface area contributed by atoms with Gasteiger partial charge in [-0.3, -0.25) is 9.69 Å². The lowest BCUT2D eigenvalue weighted by atomic mass is 10.0. The normalized spacial score (nSPS) is 18.1. The number of rotatable bonds is 8. The lowest BCUT2D eigenvalue weighted by Gasteiger charge is -2.25. The number of benzene rings is 2. The topological polar surface area (TPSA) is 50.8 Å². The number of hydrogen-bond donors (Lipinski definition) is 1. The molecule has 5 nitrogen and oxygen atoms in total. The fourth-order valence-corrected chi connectivity index (χ4v) is 3.52. The first-order chi connectivity index (χ1) is 13.2. The minimum Gasteiger partial charge on any atom is -0.497 e. The van der Waals surface area contributed by atoms with Crippen LogP contribution in [-0.4, -0.2) is 43.7 Å². The molecular formula is C22H28N2O3. The number of methoxy groups -OCH3 is 1. The van der Waals surface area contributed by atoms with Crippen molar-refractivity contribution in [3.63, 3.8) is 0 Å². The summed E-state index contributed by atoms with van der Waals surface area (Å²) in [6.07, 6.45) is 1.81. The second-order valence-electron chi connectivity index (χ2n) is 6.83. The van der Waals surface area contributed by atoms with Gasteiger partial charge in [0.05, 0.1) is 7.11 Å². The van der Waals surface area contributed by atoms with Crippen LogP contribution < -0.4 is 14.8 Å². The standard InChI is InChI=1S/C22H28N2O3/c1-17(27-20-7-4-3-5-8-20)22(25)23-14-16-24-15-6-9-21(24)18-10-12-19(26-2)13-11-18/h3-5,7-8,10-13,17,21H,6,9,14-16H2,1-2H3,(H,23,25)/t17-,21+/m0/s1. The molecule has 2 atom stereocenters. The van der Waals surface area contributed by atoms with Crippen LogP contribution in [0, 0.1) is 0 Å². The van der Waals surface area contributed by atoms with E-state index in [1.165, 1.54) is 12.0 Å². The molecule has 0 aromatic heterocycles. The third kappa shape index (κ3) is 5.23. The molecule has 1 fully saturated rings. The fraction of sp³-hybridized carbons (Fsp3) is 0.409. The van der Waals surface area contributed by atoms with Gasteiger partial charge >= 0.3 is 0 Å². The monoisotopic (exact) mass is 368 g/mol. The second kappa shape index (κ2) is 9.42. The number of para-hydroxylation sites is 1. The molecule has 0 aliphatic carbocycles. The van der Waals surface area contributed by atoms with Crippen LogP contribution in [-0.2, 0) is 4.79 Å². The van der Waals surface area contributed by atoms with Crippen molar-refractivity contribution in [1.29, 1.82) is 0 Å². The second-order valence-corrected chi connectivity index (χ2v) is 6.83.